The minimum atomic E-state index is -4.37. The average molecular weight is 250 g/mol. The second-order valence-corrected chi connectivity index (χ2v) is 3.44. The molecule has 96 valence electrons. The number of benzene rings is 1. The van der Waals surface area contributed by atoms with E-state index in [2.05, 4.69) is 4.74 Å². The second kappa shape index (κ2) is 5.88. The molecule has 0 aromatic heterocycles. The van der Waals surface area contributed by atoms with E-state index in [0.717, 1.165) is 0 Å². The Bertz CT molecular complexity index is 350. The van der Waals surface area contributed by atoms with Gasteiger partial charge in [-0.05, 0) is 13.0 Å². The number of hydrogen-bond acceptors (Lipinski definition) is 3. The first-order chi connectivity index (χ1) is 7.90. The summed E-state index contributed by atoms with van der Waals surface area (Å²) >= 11 is 0. The van der Waals surface area contributed by atoms with Gasteiger partial charge < -0.3 is 14.6 Å². The van der Waals surface area contributed by atoms with Crippen LogP contribution in [0, 0.1) is 0 Å². The topological polar surface area (TPSA) is 38.7 Å². The number of ether oxygens (including phenoxy) is 2. The smallest absolute Gasteiger partial charge is 0.411 e. The van der Waals surface area contributed by atoms with Gasteiger partial charge in [-0.1, -0.05) is 18.2 Å². The van der Waals surface area contributed by atoms with Gasteiger partial charge in [0, 0.05) is 5.56 Å². The summed E-state index contributed by atoms with van der Waals surface area (Å²) in [6.45, 7) is -0.328. The molecule has 6 heteroatoms. The molecule has 0 aliphatic rings. The average Bonchev–Trinajstić information content (AvgIpc) is 2.23. The molecule has 0 bridgehead atoms. The molecule has 0 spiro atoms. The van der Waals surface area contributed by atoms with Crippen molar-refractivity contribution in [1.82, 2.24) is 0 Å². The van der Waals surface area contributed by atoms with Crippen molar-refractivity contribution in [2.24, 2.45) is 0 Å². The highest BCUT2D eigenvalue weighted by Crippen LogP contribution is 2.24. The fourth-order valence-corrected chi connectivity index (χ4v) is 1.22. The summed E-state index contributed by atoms with van der Waals surface area (Å²) in [5.74, 6) is 0.310. The van der Waals surface area contributed by atoms with E-state index in [1.165, 1.54) is 0 Å². The van der Waals surface area contributed by atoms with Gasteiger partial charge in [-0.15, -0.1) is 0 Å². The van der Waals surface area contributed by atoms with Gasteiger partial charge in [0.2, 0.25) is 0 Å². The van der Waals surface area contributed by atoms with Gasteiger partial charge >= 0.3 is 6.18 Å². The normalized spacial score (nSPS) is 13.5. The van der Waals surface area contributed by atoms with Crippen LogP contribution in [0.4, 0.5) is 13.2 Å². The molecular weight excluding hydrogens is 237 g/mol. The fraction of sp³-hybridized carbons (Fsp3) is 0.455. The highest BCUT2D eigenvalue weighted by molar-refractivity contribution is 5.34. The number of rotatable bonds is 5. The summed E-state index contributed by atoms with van der Waals surface area (Å²) in [6, 6.07) is 6.54. The van der Waals surface area contributed by atoms with E-state index in [9.17, 15) is 18.3 Å². The van der Waals surface area contributed by atoms with Crippen LogP contribution >= 0.6 is 0 Å². The van der Waals surface area contributed by atoms with Crippen LogP contribution in [0.1, 0.15) is 18.6 Å². The molecule has 1 aromatic carbocycles. The monoisotopic (exact) mass is 250 g/mol. The zero-order chi connectivity index (χ0) is 12.9. The van der Waals surface area contributed by atoms with Gasteiger partial charge in [-0.2, -0.15) is 13.2 Å². The molecule has 0 saturated carbocycles. The van der Waals surface area contributed by atoms with Crippen LogP contribution < -0.4 is 4.74 Å². The van der Waals surface area contributed by atoms with Crippen LogP contribution in [-0.4, -0.2) is 24.7 Å². The standard InChI is InChI=1S/C11H13F3O3/c1-8(15)9-4-2-3-5-10(9)17-7-16-6-11(12,13)14/h2-5,8,15H,6-7H2,1H3/t8-/m1/s1. The molecule has 0 fully saturated rings. The van der Waals surface area contributed by atoms with Crippen molar-refractivity contribution in [3.63, 3.8) is 0 Å². The first kappa shape index (κ1) is 13.8. The van der Waals surface area contributed by atoms with Crippen LogP contribution in [0.3, 0.4) is 0 Å². The Kier molecular flexibility index (Phi) is 4.77. The van der Waals surface area contributed by atoms with Crippen LogP contribution in [0.5, 0.6) is 5.75 Å². The first-order valence-electron chi connectivity index (χ1n) is 4.94. The first-order valence-corrected chi connectivity index (χ1v) is 4.94. The SMILES string of the molecule is C[C@@H](O)c1ccccc1OCOCC(F)(F)F. The molecule has 1 rings (SSSR count). The quantitative estimate of drug-likeness (QED) is 0.645. The Labute approximate surface area is 96.8 Å². The zero-order valence-electron chi connectivity index (χ0n) is 9.20. The molecule has 0 saturated heterocycles. The maximum atomic E-state index is 11.8. The maximum Gasteiger partial charge on any atom is 0.411 e. The summed E-state index contributed by atoms with van der Waals surface area (Å²) in [5, 5.41) is 9.39. The molecule has 1 N–H and O–H groups in total. The Morgan fingerprint density at radius 1 is 1.29 bits per heavy atom. The minimum Gasteiger partial charge on any atom is -0.467 e. The predicted octanol–water partition coefficient (Wildman–Crippen LogP) is 2.66. The third kappa shape index (κ3) is 5.06. The zero-order valence-corrected chi connectivity index (χ0v) is 9.20. The number of aliphatic hydroxyl groups excluding tert-OH is 1. The Hall–Kier alpha value is -1.27. The van der Waals surface area contributed by atoms with Crippen molar-refractivity contribution < 1.29 is 27.8 Å². The molecule has 1 aromatic rings. The lowest BCUT2D eigenvalue weighted by Gasteiger charge is -2.13. The highest BCUT2D eigenvalue weighted by atomic mass is 19.4. The van der Waals surface area contributed by atoms with Crippen molar-refractivity contribution in [2.75, 3.05) is 13.4 Å². The molecule has 0 heterocycles. The number of hydrogen-bond donors (Lipinski definition) is 1. The van der Waals surface area contributed by atoms with Crippen molar-refractivity contribution in [3.05, 3.63) is 29.8 Å². The fourth-order valence-electron chi connectivity index (χ4n) is 1.22. The summed E-state index contributed by atoms with van der Waals surface area (Å²) < 4.78 is 44.6. The van der Waals surface area contributed by atoms with E-state index in [1.807, 2.05) is 0 Å². The van der Waals surface area contributed by atoms with Crippen LogP contribution in [0.2, 0.25) is 0 Å². The summed E-state index contributed by atoms with van der Waals surface area (Å²) in [5.41, 5.74) is 0.503. The molecule has 0 aliphatic heterocycles. The molecule has 0 amide bonds. The third-order valence-electron chi connectivity index (χ3n) is 1.93. The molecule has 0 unspecified atom stereocenters. The largest absolute Gasteiger partial charge is 0.467 e. The van der Waals surface area contributed by atoms with E-state index >= 15 is 0 Å². The Morgan fingerprint density at radius 2 is 1.94 bits per heavy atom. The van der Waals surface area contributed by atoms with Crippen LogP contribution in [0.25, 0.3) is 0 Å². The van der Waals surface area contributed by atoms with Crippen molar-refractivity contribution in [2.45, 2.75) is 19.2 Å². The van der Waals surface area contributed by atoms with Crippen molar-refractivity contribution in [3.8, 4) is 5.75 Å². The van der Waals surface area contributed by atoms with Gasteiger partial charge in [-0.3, -0.25) is 0 Å². The summed E-state index contributed by atoms with van der Waals surface area (Å²) in [6.07, 6.45) is -5.12. The van der Waals surface area contributed by atoms with Crippen LogP contribution in [-0.2, 0) is 4.74 Å². The lowest BCUT2D eigenvalue weighted by atomic mass is 10.1. The number of halogens is 3. The van der Waals surface area contributed by atoms with Gasteiger partial charge in [0.25, 0.3) is 0 Å². The lowest BCUT2D eigenvalue weighted by Crippen LogP contribution is -2.19. The van der Waals surface area contributed by atoms with E-state index in [0.29, 0.717) is 11.3 Å². The summed E-state index contributed by atoms with van der Waals surface area (Å²) in [7, 11) is 0. The third-order valence-corrected chi connectivity index (χ3v) is 1.93. The maximum absolute atomic E-state index is 11.8. The number of alkyl halides is 3. The highest BCUT2D eigenvalue weighted by Gasteiger charge is 2.27. The Balaban J connectivity index is 2.47. The van der Waals surface area contributed by atoms with E-state index in [4.69, 9.17) is 4.74 Å². The van der Waals surface area contributed by atoms with Crippen molar-refractivity contribution in [1.29, 1.82) is 0 Å². The number of aliphatic hydroxyl groups is 1. The second-order valence-electron chi connectivity index (χ2n) is 3.44. The molecular formula is C11H13F3O3. The van der Waals surface area contributed by atoms with Gasteiger partial charge in [0.05, 0.1) is 6.10 Å². The van der Waals surface area contributed by atoms with E-state index in [1.54, 1.807) is 31.2 Å². The summed E-state index contributed by atoms with van der Waals surface area (Å²) in [4.78, 5) is 0. The van der Waals surface area contributed by atoms with Gasteiger partial charge in [-0.25, -0.2) is 0 Å². The minimum absolute atomic E-state index is 0.310. The van der Waals surface area contributed by atoms with E-state index < -0.39 is 25.7 Å². The Morgan fingerprint density at radius 3 is 2.53 bits per heavy atom. The van der Waals surface area contributed by atoms with E-state index in [-0.39, 0.29) is 0 Å². The lowest BCUT2D eigenvalue weighted by molar-refractivity contribution is -0.186. The molecule has 1 atom stereocenters. The van der Waals surface area contributed by atoms with Gasteiger partial charge in [0.15, 0.2) is 6.79 Å². The molecule has 0 aliphatic carbocycles. The molecule has 17 heavy (non-hydrogen) atoms. The van der Waals surface area contributed by atoms with Gasteiger partial charge in [0.1, 0.15) is 12.4 Å². The molecule has 3 nitrogen and oxygen atoms in total. The molecule has 0 radical (unpaired) electrons. The predicted molar refractivity (Wildman–Crippen MR) is 54.6 cm³/mol. The van der Waals surface area contributed by atoms with Crippen molar-refractivity contribution >= 4 is 0 Å². The van der Waals surface area contributed by atoms with Crippen LogP contribution in [0.15, 0.2) is 24.3 Å². The number of para-hydroxylation sites is 1.